The second-order valence-electron chi connectivity index (χ2n) is 4.86. The fourth-order valence-electron chi connectivity index (χ4n) is 2.54. The second kappa shape index (κ2) is 5.18. The van der Waals surface area contributed by atoms with E-state index < -0.39 is 0 Å². The van der Waals surface area contributed by atoms with Crippen LogP contribution in [0.1, 0.15) is 48.6 Å². The van der Waals surface area contributed by atoms with E-state index in [1.165, 1.54) is 31.7 Å². The zero-order chi connectivity index (χ0) is 11.5. The highest BCUT2D eigenvalue weighted by Crippen LogP contribution is 2.36. The van der Waals surface area contributed by atoms with E-state index in [2.05, 4.69) is 0 Å². The Morgan fingerprint density at radius 3 is 2.69 bits per heavy atom. The van der Waals surface area contributed by atoms with E-state index in [1.54, 1.807) is 6.92 Å². The molecule has 0 aliphatic heterocycles. The van der Waals surface area contributed by atoms with Crippen LogP contribution in [0.25, 0.3) is 0 Å². The summed E-state index contributed by atoms with van der Waals surface area (Å²) in [7, 11) is 0. The number of alkyl halides is 1. The first-order valence-corrected chi connectivity index (χ1v) is 6.50. The van der Waals surface area contributed by atoms with Gasteiger partial charge in [0, 0.05) is 0 Å². The molecule has 0 saturated heterocycles. The van der Waals surface area contributed by atoms with Crippen molar-refractivity contribution >= 4 is 11.6 Å². The summed E-state index contributed by atoms with van der Waals surface area (Å²) in [6.07, 6.45) is 6.34. The third kappa shape index (κ3) is 2.76. The van der Waals surface area contributed by atoms with E-state index in [9.17, 15) is 4.39 Å². The van der Waals surface area contributed by atoms with Gasteiger partial charge in [-0.1, -0.05) is 37.8 Å². The largest absolute Gasteiger partial charge is 0.207 e. The molecule has 1 unspecified atom stereocenters. The van der Waals surface area contributed by atoms with E-state index in [0.29, 0.717) is 5.56 Å². The molecular formula is C14H18ClF. The molecule has 0 N–H and O–H groups in total. The summed E-state index contributed by atoms with van der Waals surface area (Å²) in [6.45, 7) is 1.79. The van der Waals surface area contributed by atoms with Crippen LogP contribution in [0.3, 0.4) is 0 Å². The molecule has 1 aromatic carbocycles. The van der Waals surface area contributed by atoms with Crippen molar-refractivity contribution in [2.24, 2.45) is 5.92 Å². The predicted octanol–water partition coefficient (Wildman–Crippen LogP) is 4.99. The molecule has 1 aliphatic rings. The van der Waals surface area contributed by atoms with E-state index in [-0.39, 0.29) is 11.2 Å². The number of benzene rings is 1. The Morgan fingerprint density at radius 2 is 2.06 bits per heavy atom. The topological polar surface area (TPSA) is 0 Å². The molecule has 1 saturated carbocycles. The monoisotopic (exact) mass is 240 g/mol. The first kappa shape index (κ1) is 11.9. The third-order valence-corrected chi connectivity index (χ3v) is 3.99. The van der Waals surface area contributed by atoms with Crippen LogP contribution in [0.2, 0.25) is 0 Å². The van der Waals surface area contributed by atoms with Crippen molar-refractivity contribution in [1.29, 1.82) is 0 Å². The van der Waals surface area contributed by atoms with Gasteiger partial charge in [0.15, 0.2) is 0 Å². The summed E-state index contributed by atoms with van der Waals surface area (Å²) in [5.74, 6) is 0.626. The summed E-state index contributed by atoms with van der Waals surface area (Å²) < 4.78 is 13.1. The Balaban J connectivity index is 2.02. The minimum atomic E-state index is -0.145. The van der Waals surface area contributed by atoms with Crippen molar-refractivity contribution in [3.8, 4) is 0 Å². The molecule has 16 heavy (non-hydrogen) atoms. The molecule has 2 rings (SSSR count). The van der Waals surface area contributed by atoms with Gasteiger partial charge in [-0.3, -0.25) is 0 Å². The van der Waals surface area contributed by atoms with Gasteiger partial charge in [0.1, 0.15) is 5.82 Å². The summed E-state index contributed by atoms with van der Waals surface area (Å²) in [4.78, 5) is 0. The average molecular weight is 241 g/mol. The highest BCUT2D eigenvalue weighted by molar-refractivity contribution is 6.20. The molecule has 1 aromatic rings. The maximum absolute atomic E-state index is 13.1. The molecule has 0 spiro atoms. The molecule has 2 heteroatoms. The van der Waals surface area contributed by atoms with Gasteiger partial charge >= 0.3 is 0 Å². The molecular weight excluding hydrogens is 223 g/mol. The van der Waals surface area contributed by atoms with E-state index in [1.807, 2.05) is 12.1 Å². The fraction of sp³-hybridized carbons (Fsp3) is 0.571. The van der Waals surface area contributed by atoms with Crippen LogP contribution >= 0.6 is 11.6 Å². The van der Waals surface area contributed by atoms with Crippen LogP contribution in [0.4, 0.5) is 4.39 Å². The molecule has 88 valence electrons. The number of aryl methyl sites for hydroxylation is 1. The molecule has 0 nitrogen and oxygen atoms in total. The molecule has 0 aromatic heterocycles. The Labute approximate surface area is 102 Å². The van der Waals surface area contributed by atoms with E-state index >= 15 is 0 Å². The molecule has 0 amide bonds. The van der Waals surface area contributed by atoms with Crippen molar-refractivity contribution in [1.82, 2.24) is 0 Å². The van der Waals surface area contributed by atoms with Crippen LogP contribution in [-0.2, 0) is 0 Å². The normalized spacial score (nSPS) is 18.9. The lowest BCUT2D eigenvalue weighted by Gasteiger charge is -2.15. The quantitative estimate of drug-likeness (QED) is 0.653. The van der Waals surface area contributed by atoms with Gasteiger partial charge in [-0.05, 0) is 36.5 Å². The fourth-order valence-corrected chi connectivity index (χ4v) is 2.93. The highest BCUT2D eigenvalue weighted by atomic mass is 35.5. The van der Waals surface area contributed by atoms with Crippen LogP contribution in [0.5, 0.6) is 0 Å². The van der Waals surface area contributed by atoms with Crippen molar-refractivity contribution in [2.75, 3.05) is 0 Å². The molecule has 1 atom stereocenters. The van der Waals surface area contributed by atoms with Crippen molar-refractivity contribution in [3.63, 3.8) is 0 Å². The Kier molecular flexibility index (Phi) is 3.86. The first-order chi connectivity index (χ1) is 7.66. The Morgan fingerprint density at radius 1 is 1.38 bits per heavy atom. The lowest BCUT2D eigenvalue weighted by molar-refractivity contribution is 0.495. The van der Waals surface area contributed by atoms with Crippen molar-refractivity contribution in [3.05, 3.63) is 35.1 Å². The zero-order valence-corrected chi connectivity index (χ0v) is 10.4. The van der Waals surface area contributed by atoms with Gasteiger partial charge < -0.3 is 0 Å². The lowest BCUT2D eigenvalue weighted by Crippen LogP contribution is -2.00. The molecule has 0 heterocycles. The maximum Gasteiger partial charge on any atom is 0.126 e. The smallest absolute Gasteiger partial charge is 0.126 e. The first-order valence-electron chi connectivity index (χ1n) is 6.07. The van der Waals surface area contributed by atoms with E-state index in [0.717, 1.165) is 17.9 Å². The summed E-state index contributed by atoms with van der Waals surface area (Å²) in [5, 5.41) is 0.0439. The van der Waals surface area contributed by atoms with Crippen LogP contribution in [0.15, 0.2) is 18.2 Å². The van der Waals surface area contributed by atoms with Crippen molar-refractivity contribution in [2.45, 2.75) is 44.4 Å². The van der Waals surface area contributed by atoms with Crippen LogP contribution < -0.4 is 0 Å². The number of hydrogen-bond acceptors (Lipinski definition) is 0. The van der Waals surface area contributed by atoms with Gasteiger partial charge in [0.25, 0.3) is 0 Å². The summed E-state index contributed by atoms with van der Waals surface area (Å²) >= 11 is 6.39. The summed E-state index contributed by atoms with van der Waals surface area (Å²) in [6, 6.07) is 5.21. The number of hydrogen-bond donors (Lipinski definition) is 0. The second-order valence-corrected chi connectivity index (χ2v) is 5.39. The van der Waals surface area contributed by atoms with Crippen LogP contribution in [0, 0.1) is 18.7 Å². The van der Waals surface area contributed by atoms with Gasteiger partial charge in [-0.15, -0.1) is 11.6 Å². The summed E-state index contributed by atoms with van der Waals surface area (Å²) in [5.41, 5.74) is 1.75. The zero-order valence-electron chi connectivity index (χ0n) is 9.68. The highest BCUT2D eigenvalue weighted by Gasteiger charge is 2.20. The lowest BCUT2D eigenvalue weighted by atomic mass is 9.97. The SMILES string of the molecule is Cc1cc(C(Cl)CC2CCCC2)ccc1F. The van der Waals surface area contributed by atoms with Gasteiger partial charge in [0.05, 0.1) is 5.38 Å². The number of halogens is 2. The van der Waals surface area contributed by atoms with Gasteiger partial charge in [-0.25, -0.2) is 4.39 Å². The Hall–Kier alpha value is -0.560. The minimum absolute atomic E-state index is 0.0439. The standard InChI is InChI=1S/C14H18ClF/c1-10-8-12(6-7-14(10)16)13(15)9-11-4-2-3-5-11/h6-8,11,13H,2-5,9H2,1H3. The minimum Gasteiger partial charge on any atom is -0.207 e. The van der Waals surface area contributed by atoms with E-state index in [4.69, 9.17) is 11.6 Å². The average Bonchev–Trinajstić information content (AvgIpc) is 2.74. The predicted molar refractivity (Wildman–Crippen MR) is 66.3 cm³/mol. The maximum atomic E-state index is 13.1. The van der Waals surface area contributed by atoms with Crippen molar-refractivity contribution < 1.29 is 4.39 Å². The molecule has 1 fully saturated rings. The van der Waals surface area contributed by atoms with Gasteiger partial charge in [0.2, 0.25) is 0 Å². The van der Waals surface area contributed by atoms with Gasteiger partial charge in [-0.2, -0.15) is 0 Å². The molecule has 1 aliphatic carbocycles. The van der Waals surface area contributed by atoms with Crippen LogP contribution in [-0.4, -0.2) is 0 Å². The number of rotatable bonds is 3. The molecule has 0 bridgehead atoms. The third-order valence-electron chi connectivity index (χ3n) is 3.56. The molecule has 0 radical (unpaired) electrons. The Bertz CT molecular complexity index is 356.